The van der Waals surface area contributed by atoms with Gasteiger partial charge in [0.15, 0.2) is 6.10 Å². The van der Waals surface area contributed by atoms with Crippen LogP contribution in [0.4, 0.5) is 14.5 Å². The summed E-state index contributed by atoms with van der Waals surface area (Å²) < 4.78 is 33.0. The van der Waals surface area contributed by atoms with Gasteiger partial charge in [0.25, 0.3) is 5.91 Å². The van der Waals surface area contributed by atoms with Gasteiger partial charge >= 0.3 is 0 Å². The lowest BCUT2D eigenvalue weighted by atomic mass is 10.1. The van der Waals surface area contributed by atoms with Gasteiger partial charge in [0.1, 0.15) is 23.1 Å². The van der Waals surface area contributed by atoms with Crippen molar-refractivity contribution in [2.75, 3.05) is 5.32 Å². The van der Waals surface area contributed by atoms with E-state index in [0.29, 0.717) is 12.2 Å². The molecule has 5 heteroatoms. The second kappa shape index (κ2) is 7.22. The molecule has 0 aromatic heterocycles. The number of rotatable bonds is 5. The lowest BCUT2D eigenvalue weighted by Gasteiger charge is -2.19. The van der Waals surface area contributed by atoms with Gasteiger partial charge in [-0.05, 0) is 49.6 Å². The topological polar surface area (TPSA) is 38.3 Å². The first kappa shape index (κ1) is 16.9. The van der Waals surface area contributed by atoms with Crippen LogP contribution in [-0.2, 0) is 4.79 Å². The maximum Gasteiger partial charge on any atom is 0.265 e. The van der Waals surface area contributed by atoms with Crippen molar-refractivity contribution >= 4 is 11.6 Å². The van der Waals surface area contributed by atoms with Crippen LogP contribution in [0.1, 0.15) is 24.5 Å². The zero-order valence-corrected chi connectivity index (χ0v) is 13.3. The molecule has 1 atom stereocenters. The molecule has 0 spiro atoms. The third-order valence-corrected chi connectivity index (χ3v) is 3.70. The van der Waals surface area contributed by atoms with E-state index in [1.165, 1.54) is 6.07 Å². The van der Waals surface area contributed by atoms with E-state index in [1.54, 1.807) is 13.0 Å². The van der Waals surface area contributed by atoms with Crippen LogP contribution in [0.25, 0.3) is 0 Å². The molecule has 2 aromatic rings. The van der Waals surface area contributed by atoms with Gasteiger partial charge in [-0.1, -0.05) is 25.1 Å². The van der Waals surface area contributed by atoms with Crippen molar-refractivity contribution in [1.29, 1.82) is 0 Å². The molecule has 0 heterocycles. The van der Waals surface area contributed by atoms with Crippen LogP contribution >= 0.6 is 0 Å². The van der Waals surface area contributed by atoms with Crippen LogP contribution in [0.2, 0.25) is 0 Å². The Morgan fingerprint density at radius 3 is 2.35 bits per heavy atom. The quantitative estimate of drug-likeness (QED) is 0.888. The lowest BCUT2D eigenvalue weighted by molar-refractivity contribution is -0.122. The Morgan fingerprint density at radius 1 is 1.13 bits per heavy atom. The molecular formula is C18H19F2NO2. The second-order valence-corrected chi connectivity index (χ2v) is 5.30. The molecule has 0 aliphatic rings. The average Bonchev–Trinajstić information content (AvgIpc) is 2.52. The highest BCUT2D eigenvalue weighted by Crippen LogP contribution is 2.24. The van der Waals surface area contributed by atoms with E-state index < -0.39 is 29.3 Å². The number of halogens is 2. The van der Waals surface area contributed by atoms with Gasteiger partial charge in [0.05, 0.1) is 0 Å². The van der Waals surface area contributed by atoms with Gasteiger partial charge < -0.3 is 10.1 Å². The minimum Gasteiger partial charge on any atom is -0.480 e. The summed E-state index contributed by atoms with van der Waals surface area (Å²) >= 11 is 0. The first-order chi connectivity index (χ1) is 10.9. The van der Waals surface area contributed by atoms with E-state index in [1.807, 2.05) is 26.0 Å². The smallest absolute Gasteiger partial charge is 0.265 e. The molecule has 0 saturated heterocycles. The van der Waals surface area contributed by atoms with E-state index >= 15 is 0 Å². The summed E-state index contributed by atoms with van der Waals surface area (Å²) in [5, 5.41) is 2.27. The highest BCUT2D eigenvalue weighted by atomic mass is 19.1. The monoisotopic (exact) mass is 319 g/mol. The summed E-state index contributed by atoms with van der Waals surface area (Å²) in [4.78, 5) is 12.3. The molecule has 1 N–H and O–H groups in total. The number of ether oxygens (including phenoxy) is 1. The molecule has 2 rings (SSSR count). The van der Waals surface area contributed by atoms with Crippen molar-refractivity contribution in [1.82, 2.24) is 0 Å². The molecule has 23 heavy (non-hydrogen) atoms. The van der Waals surface area contributed by atoms with Crippen molar-refractivity contribution in [2.24, 2.45) is 0 Å². The number of benzene rings is 2. The molecular weight excluding hydrogens is 300 g/mol. The van der Waals surface area contributed by atoms with E-state index in [2.05, 4.69) is 5.32 Å². The molecule has 122 valence electrons. The van der Waals surface area contributed by atoms with E-state index in [4.69, 9.17) is 4.74 Å². The van der Waals surface area contributed by atoms with Gasteiger partial charge in [-0.15, -0.1) is 0 Å². The van der Waals surface area contributed by atoms with Crippen LogP contribution in [-0.4, -0.2) is 12.0 Å². The van der Waals surface area contributed by atoms with Gasteiger partial charge in [-0.25, -0.2) is 8.78 Å². The summed E-state index contributed by atoms with van der Waals surface area (Å²) in [5.74, 6) is -1.64. The molecule has 3 nitrogen and oxygen atoms in total. The predicted octanol–water partition coefficient (Wildman–Crippen LogP) is 4.38. The maximum atomic E-state index is 13.6. The molecule has 2 aromatic carbocycles. The van der Waals surface area contributed by atoms with Gasteiger partial charge in [0.2, 0.25) is 0 Å². The number of amides is 1. The third kappa shape index (κ3) is 3.86. The Labute approximate surface area is 134 Å². The minimum atomic E-state index is -0.838. The van der Waals surface area contributed by atoms with Crippen LogP contribution in [0, 0.1) is 25.5 Å². The van der Waals surface area contributed by atoms with Crippen molar-refractivity contribution in [3.63, 3.8) is 0 Å². The molecule has 1 amide bonds. The summed E-state index contributed by atoms with van der Waals surface area (Å²) in [6.45, 7) is 5.61. The SMILES string of the molecule is CC[C@H](Oc1cccc(C)c1C)C(=O)Nc1c(F)cccc1F. The number of anilines is 1. The number of aryl methyl sites for hydroxylation is 1. The summed E-state index contributed by atoms with van der Waals surface area (Å²) in [7, 11) is 0. The Hall–Kier alpha value is -2.43. The minimum absolute atomic E-state index is 0.370. The fourth-order valence-electron chi connectivity index (χ4n) is 2.15. The first-order valence-corrected chi connectivity index (χ1v) is 7.41. The van der Waals surface area contributed by atoms with Crippen molar-refractivity contribution < 1.29 is 18.3 Å². The zero-order valence-electron chi connectivity index (χ0n) is 13.3. The van der Waals surface area contributed by atoms with Crippen LogP contribution in [0.5, 0.6) is 5.75 Å². The first-order valence-electron chi connectivity index (χ1n) is 7.41. The Bertz CT molecular complexity index is 696. The van der Waals surface area contributed by atoms with Gasteiger partial charge in [0, 0.05) is 0 Å². The average molecular weight is 319 g/mol. The standard InChI is InChI=1S/C18H19F2NO2/c1-4-15(23-16-10-5-7-11(2)12(16)3)18(22)21-17-13(19)8-6-9-14(17)20/h5-10,15H,4H2,1-3H3,(H,21,22)/t15-/m0/s1. The highest BCUT2D eigenvalue weighted by molar-refractivity contribution is 5.94. The number of carbonyl (C=O) groups excluding carboxylic acids is 1. The van der Waals surface area contributed by atoms with Gasteiger partial charge in [-0.3, -0.25) is 4.79 Å². The molecule has 0 aliphatic heterocycles. The number of nitrogens with one attached hydrogen (secondary N) is 1. The molecule has 0 unspecified atom stereocenters. The van der Waals surface area contributed by atoms with Crippen molar-refractivity contribution in [3.05, 3.63) is 59.2 Å². The zero-order chi connectivity index (χ0) is 17.0. The van der Waals surface area contributed by atoms with E-state index in [9.17, 15) is 13.6 Å². The molecule has 0 fully saturated rings. The lowest BCUT2D eigenvalue weighted by Crippen LogP contribution is -2.33. The summed E-state index contributed by atoms with van der Waals surface area (Å²) in [6, 6.07) is 8.96. The van der Waals surface area contributed by atoms with E-state index in [0.717, 1.165) is 23.3 Å². The van der Waals surface area contributed by atoms with Gasteiger partial charge in [-0.2, -0.15) is 0 Å². The fourth-order valence-corrected chi connectivity index (χ4v) is 2.15. The second-order valence-electron chi connectivity index (χ2n) is 5.30. The predicted molar refractivity (Wildman–Crippen MR) is 85.6 cm³/mol. The summed E-state index contributed by atoms with van der Waals surface area (Å²) in [5.41, 5.74) is 1.51. The third-order valence-electron chi connectivity index (χ3n) is 3.70. The normalized spacial score (nSPS) is 11.9. The van der Waals surface area contributed by atoms with Crippen molar-refractivity contribution in [3.8, 4) is 5.75 Å². The van der Waals surface area contributed by atoms with Crippen molar-refractivity contribution in [2.45, 2.75) is 33.3 Å². The number of hydrogen-bond donors (Lipinski definition) is 1. The van der Waals surface area contributed by atoms with Crippen LogP contribution < -0.4 is 10.1 Å². The Balaban J connectivity index is 2.17. The number of carbonyl (C=O) groups is 1. The molecule has 0 bridgehead atoms. The van der Waals surface area contributed by atoms with Crippen LogP contribution in [0.15, 0.2) is 36.4 Å². The maximum absolute atomic E-state index is 13.6. The Kier molecular flexibility index (Phi) is 5.32. The number of para-hydroxylation sites is 1. The largest absolute Gasteiger partial charge is 0.480 e. The fraction of sp³-hybridized carbons (Fsp3) is 0.278. The molecule has 0 radical (unpaired) electrons. The Morgan fingerprint density at radius 2 is 1.74 bits per heavy atom. The number of hydrogen-bond acceptors (Lipinski definition) is 2. The van der Waals surface area contributed by atoms with Crippen LogP contribution in [0.3, 0.4) is 0 Å². The molecule has 0 saturated carbocycles. The molecule has 0 aliphatic carbocycles. The highest BCUT2D eigenvalue weighted by Gasteiger charge is 2.22. The summed E-state index contributed by atoms with van der Waals surface area (Å²) in [6.07, 6.45) is -0.468. The van der Waals surface area contributed by atoms with E-state index in [-0.39, 0.29) is 0 Å².